The molecule has 0 unspecified atom stereocenters. The molecule has 0 N–H and O–H groups in total. The molecule has 1 aliphatic rings. The van der Waals surface area contributed by atoms with Gasteiger partial charge >= 0.3 is 0 Å². The van der Waals surface area contributed by atoms with Crippen molar-refractivity contribution < 1.29 is 14.3 Å². The maximum absolute atomic E-state index is 13.4. The van der Waals surface area contributed by atoms with Crippen molar-refractivity contribution in [3.05, 3.63) is 34.4 Å². The summed E-state index contributed by atoms with van der Waals surface area (Å²) < 4.78 is 15.2. The first-order valence-electron chi connectivity index (χ1n) is 9.18. The van der Waals surface area contributed by atoms with Gasteiger partial charge in [-0.1, -0.05) is 0 Å². The molecule has 0 radical (unpaired) electrons. The Bertz CT molecular complexity index is 852. The molecule has 148 valence electrons. The fraction of sp³-hybridized carbons (Fsp3) is 0.632. The van der Waals surface area contributed by atoms with Crippen LogP contribution in [0.5, 0.6) is 0 Å². The number of carbonyl (C=O) groups excluding carboxylic acids is 1. The van der Waals surface area contributed by atoms with E-state index in [0.29, 0.717) is 25.3 Å². The van der Waals surface area contributed by atoms with Crippen LogP contribution in [0, 0.1) is 20.8 Å². The van der Waals surface area contributed by atoms with Crippen molar-refractivity contribution in [3.8, 4) is 0 Å². The molecule has 8 nitrogen and oxygen atoms in total. The lowest BCUT2D eigenvalue weighted by molar-refractivity contribution is -0.139. The van der Waals surface area contributed by atoms with Gasteiger partial charge in [0.15, 0.2) is 5.79 Å². The maximum Gasteiger partial charge on any atom is 0.258 e. The van der Waals surface area contributed by atoms with Crippen LogP contribution in [0.1, 0.15) is 47.0 Å². The van der Waals surface area contributed by atoms with Crippen LogP contribution in [0.2, 0.25) is 0 Å². The van der Waals surface area contributed by atoms with Crippen LogP contribution < -0.4 is 0 Å². The van der Waals surface area contributed by atoms with Crippen molar-refractivity contribution in [3.63, 3.8) is 0 Å². The Kier molecular flexibility index (Phi) is 5.14. The van der Waals surface area contributed by atoms with Gasteiger partial charge in [0.05, 0.1) is 42.3 Å². The van der Waals surface area contributed by atoms with Crippen molar-refractivity contribution in [2.24, 2.45) is 14.1 Å². The molecule has 1 fully saturated rings. The molecule has 1 aliphatic heterocycles. The second-order valence-electron chi connectivity index (χ2n) is 7.71. The summed E-state index contributed by atoms with van der Waals surface area (Å²) in [7, 11) is 3.74. The van der Waals surface area contributed by atoms with Gasteiger partial charge in [-0.15, -0.1) is 0 Å². The standard InChI is InChI=1S/C19H29N5O3/c1-12-8-15(23(7)20-12)9-24(10-16-11-26-19(4,5)27-16)18(25)17-13(2)21-22(6)14(17)3/h8,16H,9-11H2,1-7H3/t16-/m0/s1. The molecule has 0 bridgehead atoms. The summed E-state index contributed by atoms with van der Waals surface area (Å²) in [6.07, 6.45) is -0.171. The lowest BCUT2D eigenvalue weighted by atomic mass is 10.1. The van der Waals surface area contributed by atoms with Crippen LogP contribution in [-0.4, -0.2) is 55.4 Å². The van der Waals surface area contributed by atoms with E-state index in [-0.39, 0.29) is 12.0 Å². The third kappa shape index (κ3) is 4.06. The minimum absolute atomic E-state index is 0.0507. The molecule has 1 saturated heterocycles. The van der Waals surface area contributed by atoms with Crippen LogP contribution in [0.25, 0.3) is 0 Å². The van der Waals surface area contributed by atoms with Crippen molar-refractivity contribution in [2.45, 2.75) is 53.1 Å². The fourth-order valence-corrected chi connectivity index (χ4v) is 3.57. The lowest BCUT2D eigenvalue weighted by Gasteiger charge is -2.26. The number of amides is 1. The Labute approximate surface area is 160 Å². The molecule has 8 heteroatoms. The number of hydrogen-bond acceptors (Lipinski definition) is 5. The highest BCUT2D eigenvalue weighted by molar-refractivity contribution is 5.96. The first-order chi connectivity index (χ1) is 12.6. The van der Waals surface area contributed by atoms with Crippen LogP contribution >= 0.6 is 0 Å². The highest BCUT2D eigenvalue weighted by atomic mass is 16.7. The fourth-order valence-electron chi connectivity index (χ4n) is 3.57. The molecule has 0 aromatic carbocycles. The average Bonchev–Trinajstić information content (AvgIpc) is 3.15. The van der Waals surface area contributed by atoms with Crippen molar-refractivity contribution >= 4 is 5.91 Å². The third-order valence-corrected chi connectivity index (χ3v) is 4.95. The second kappa shape index (κ2) is 7.09. The first-order valence-corrected chi connectivity index (χ1v) is 9.18. The van der Waals surface area contributed by atoms with Crippen molar-refractivity contribution in [1.82, 2.24) is 24.5 Å². The molecule has 3 rings (SSSR count). The number of carbonyl (C=O) groups is 1. The molecule has 0 aliphatic carbocycles. The molecule has 0 spiro atoms. The third-order valence-electron chi connectivity index (χ3n) is 4.95. The van der Waals surface area contributed by atoms with Gasteiger partial charge in [-0.3, -0.25) is 14.2 Å². The number of aryl methyl sites for hydroxylation is 4. The normalized spacial score (nSPS) is 18.9. The van der Waals surface area contributed by atoms with Gasteiger partial charge in [-0.05, 0) is 40.7 Å². The second-order valence-corrected chi connectivity index (χ2v) is 7.71. The zero-order valence-corrected chi connectivity index (χ0v) is 17.2. The van der Waals surface area contributed by atoms with E-state index >= 15 is 0 Å². The van der Waals surface area contributed by atoms with E-state index in [1.165, 1.54) is 0 Å². The quantitative estimate of drug-likeness (QED) is 0.798. The van der Waals surface area contributed by atoms with Gasteiger partial charge in [0.25, 0.3) is 5.91 Å². The van der Waals surface area contributed by atoms with E-state index in [0.717, 1.165) is 22.8 Å². The highest BCUT2D eigenvalue weighted by Gasteiger charge is 2.35. The van der Waals surface area contributed by atoms with Crippen LogP contribution in [0.4, 0.5) is 0 Å². The zero-order valence-electron chi connectivity index (χ0n) is 17.2. The van der Waals surface area contributed by atoms with Gasteiger partial charge in [-0.25, -0.2) is 0 Å². The van der Waals surface area contributed by atoms with Gasteiger partial charge < -0.3 is 14.4 Å². The van der Waals surface area contributed by atoms with Crippen LogP contribution in [-0.2, 0) is 30.1 Å². The number of hydrogen-bond donors (Lipinski definition) is 0. The molecule has 2 aromatic rings. The predicted octanol–water partition coefficient (Wildman–Crippen LogP) is 1.87. The Morgan fingerprint density at radius 3 is 2.44 bits per heavy atom. The van der Waals surface area contributed by atoms with E-state index in [1.807, 2.05) is 64.4 Å². The molecular weight excluding hydrogens is 346 g/mol. The van der Waals surface area contributed by atoms with E-state index in [1.54, 1.807) is 4.68 Å². The van der Waals surface area contributed by atoms with Crippen LogP contribution in [0.3, 0.4) is 0 Å². The van der Waals surface area contributed by atoms with Crippen LogP contribution in [0.15, 0.2) is 6.07 Å². The Morgan fingerprint density at radius 1 is 1.26 bits per heavy atom. The number of aromatic nitrogens is 4. The minimum Gasteiger partial charge on any atom is -0.348 e. The summed E-state index contributed by atoms with van der Waals surface area (Å²) >= 11 is 0. The van der Waals surface area contributed by atoms with Gasteiger partial charge in [0.1, 0.15) is 6.10 Å². The van der Waals surface area contributed by atoms with Crippen molar-refractivity contribution in [1.29, 1.82) is 0 Å². The minimum atomic E-state index is -0.622. The lowest BCUT2D eigenvalue weighted by Crippen LogP contribution is -2.39. The van der Waals surface area contributed by atoms with Crippen molar-refractivity contribution in [2.75, 3.05) is 13.2 Å². The Hall–Kier alpha value is -2.19. The molecule has 1 amide bonds. The molecule has 1 atom stereocenters. The molecular formula is C19H29N5O3. The average molecular weight is 375 g/mol. The number of nitrogens with zero attached hydrogens (tertiary/aromatic N) is 5. The van der Waals surface area contributed by atoms with Gasteiger partial charge in [0, 0.05) is 19.8 Å². The predicted molar refractivity (Wildman–Crippen MR) is 100 cm³/mol. The molecule has 3 heterocycles. The topological polar surface area (TPSA) is 74.4 Å². The van der Waals surface area contributed by atoms with E-state index in [4.69, 9.17) is 9.47 Å². The van der Waals surface area contributed by atoms with E-state index in [2.05, 4.69) is 10.2 Å². The first kappa shape index (κ1) is 19.6. The highest BCUT2D eigenvalue weighted by Crippen LogP contribution is 2.25. The molecule has 2 aromatic heterocycles. The van der Waals surface area contributed by atoms with E-state index < -0.39 is 5.79 Å². The zero-order chi connectivity index (χ0) is 19.9. The summed E-state index contributed by atoms with van der Waals surface area (Å²) in [5.74, 6) is -0.673. The molecule has 0 saturated carbocycles. The largest absolute Gasteiger partial charge is 0.348 e. The van der Waals surface area contributed by atoms with Gasteiger partial charge in [-0.2, -0.15) is 10.2 Å². The summed E-state index contributed by atoms with van der Waals surface area (Å²) in [4.78, 5) is 15.2. The summed E-state index contributed by atoms with van der Waals surface area (Å²) in [5, 5.41) is 8.79. The van der Waals surface area contributed by atoms with E-state index in [9.17, 15) is 4.79 Å². The smallest absolute Gasteiger partial charge is 0.258 e. The number of ether oxygens (including phenoxy) is 2. The molecule has 27 heavy (non-hydrogen) atoms. The Balaban J connectivity index is 1.89. The summed E-state index contributed by atoms with van der Waals surface area (Å²) in [6, 6.07) is 2.00. The Morgan fingerprint density at radius 2 is 1.96 bits per heavy atom. The maximum atomic E-state index is 13.4. The summed E-state index contributed by atoms with van der Waals surface area (Å²) in [6.45, 7) is 10.9. The monoisotopic (exact) mass is 375 g/mol. The SMILES string of the molecule is Cc1cc(CN(C[C@H]2COC(C)(C)O2)C(=O)c2c(C)nn(C)c2C)n(C)n1. The number of rotatable bonds is 5. The van der Waals surface area contributed by atoms with Gasteiger partial charge in [0.2, 0.25) is 0 Å². The summed E-state index contributed by atoms with van der Waals surface area (Å²) in [5.41, 5.74) is 4.13.